The molecular formula is C48H84O38. The third-order valence-electron chi connectivity index (χ3n) is 15.3. The fourth-order valence-corrected chi connectivity index (χ4v) is 10.4. The molecule has 2 radical (unpaired) electrons. The lowest BCUT2D eigenvalue weighted by atomic mass is 9.95. The molecule has 0 unspecified atom stereocenters. The van der Waals surface area contributed by atoms with Crippen molar-refractivity contribution in [3.8, 4) is 0 Å². The molecule has 24 N–H and O–H groups in total. The molecule has 0 aromatic rings. The van der Waals surface area contributed by atoms with E-state index < -0.39 is 267 Å². The third kappa shape index (κ3) is 16.3. The summed E-state index contributed by atoms with van der Waals surface area (Å²) in [6.45, 7) is -2.67. The van der Waals surface area contributed by atoms with Crippen LogP contribution in [0.15, 0.2) is 0 Å². The summed E-state index contributed by atoms with van der Waals surface area (Å²) in [5.41, 5.74) is 0. The molecular weight excluding hydrogens is 1180 g/mol. The van der Waals surface area contributed by atoms with Crippen LogP contribution in [0.25, 0.3) is 0 Å². The van der Waals surface area contributed by atoms with Gasteiger partial charge in [0.15, 0.2) is 44.0 Å². The van der Waals surface area contributed by atoms with Gasteiger partial charge in [-0.05, 0) is 6.42 Å². The SMILES string of the molecule is CC[CH]O.CC[C](O)O.OC[C@H]1O[C@@H]2O[C@H]3[C@H](O)[C@@H](O)[C@@H](O[C@H]4[C@H](O)[C@@H](O)[C@@H](O[C@H]5[C@H](O)[C@@H](O)[C@@H](O[C@H]6[C@H](O)[C@@H](O)[C@@H](O[C@H]7[C@H](O)[C@@H](O)[C@@H](O[C@H]8[C@H](O)[C@@H](O)[C@@H](O[C@H]1[C@H](O)[C@H]2O)O[C@@H]8CO)O[C@@H]7CO)O[C@@H]6CO)O[C@@H]5CO)O[C@@H]4CO)O[C@@H]3CO. The van der Waals surface area contributed by atoms with E-state index >= 15 is 0 Å². The van der Waals surface area contributed by atoms with E-state index in [1.807, 2.05) is 6.92 Å². The van der Waals surface area contributed by atoms with Crippen LogP contribution in [0.2, 0.25) is 0 Å². The van der Waals surface area contributed by atoms with Gasteiger partial charge in [0, 0.05) is 6.42 Å². The zero-order valence-electron chi connectivity index (χ0n) is 46.1. The van der Waals surface area contributed by atoms with Gasteiger partial charge in [-0.25, -0.2) is 0 Å². The fourth-order valence-electron chi connectivity index (χ4n) is 10.4. The summed E-state index contributed by atoms with van der Waals surface area (Å²) < 4.78 is 79.5. The molecule has 0 saturated carbocycles. The van der Waals surface area contributed by atoms with Gasteiger partial charge in [-0.15, -0.1) is 0 Å². The Hall–Kier alpha value is -1.52. The number of ether oxygens (including phenoxy) is 14. The molecule has 38 heteroatoms. The smallest absolute Gasteiger partial charge is 0.218 e. The molecule has 21 aliphatic rings. The lowest BCUT2D eigenvalue weighted by Crippen LogP contribution is -2.68. The van der Waals surface area contributed by atoms with Crippen LogP contribution in [0, 0.1) is 12.9 Å². The first kappa shape index (κ1) is 73.5. The summed E-state index contributed by atoms with van der Waals surface area (Å²) in [7, 11) is 0. The molecule has 35 atom stereocenters. The van der Waals surface area contributed by atoms with Crippen LogP contribution >= 0.6 is 0 Å². The summed E-state index contributed by atoms with van der Waals surface area (Å²) in [6, 6.07) is 0. The van der Waals surface area contributed by atoms with Crippen molar-refractivity contribution in [1.82, 2.24) is 0 Å². The fraction of sp³-hybridized carbons (Fsp3) is 0.958. The molecule has 0 amide bonds. The van der Waals surface area contributed by atoms with E-state index in [4.69, 9.17) is 81.6 Å². The van der Waals surface area contributed by atoms with Gasteiger partial charge in [0.2, 0.25) is 6.29 Å². The third-order valence-corrected chi connectivity index (χ3v) is 15.3. The number of rotatable bonds is 9. The molecule has 21 aliphatic heterocycles. The summed E-state index contributed by atoms with van der Waals surface area (Å²) in [5, 5.41) is 254. The molecule has 14 bridgehead atoms. The molecule has 86 heavy (non-hydrogen) atoms. The first-order valence-corrected chi connectivity index (χ1v) is 27.5. The van der Waals surface area contributed by atoms with E-state index in [9.17, 15) is 107 Å². The number of hydrogen-bond donors (Lipinski definition) is 24. The van der Waals surface area contributed by atoms with Gasteiger partial charge < -0.3 is 189 Å². The number of aliphatic hydroxyl groups is 24. The molecule has 0 spiro atoms. The Bertz CT molecular complexity index is 1570. The Balaban J connectivity index is 0.00000122. The lowest BCUT2D eigenvalue weighted by Gasteiger charge is -2.50. The van der Waals surface area contributed by atoms with Crippen LogP contribution in [0.3, 0.4) is 0 Å². The first-order valence-electron chi connectivity index (χ1n) is 27.5. The lowest BCUT2D eigenvalue weighted by molar-refractivity contribution is -0.396. The molecule has 0 aromatic carbocycles. The quantitative estimate of drug-likeness (QED) is 0.102. The highest BCUT2D eigenvalue weighted by Gasteiger charge is 2.59. The van der Waals surface area contributed by atoms with Crippen LogP contribution in [0.1, 0.15) is 26.7 Å². The molecule has 0 aliphatic carbocycles. The maximum Gasteiger partial charge on any atom is 0.218 e. The predicted octanol–water partition coefficient (Wildman–Crippen LogP) is -13.7. The van der Waals surface area contributed by atoms with E-state index in [0.717, 1.165) is 13.0 Å². The van der Waals surface area contributed by atoms with Crippen LogP contribution in [0.4, 0.5) is 0 Å². The Labute approximate surface area is 489 Å². The average molecular weight is 1270 g/mol. The van der Waals surface area contributed by atoms with E-state index in [0.29, 0.717) is 6.42 Å². The summed E-state index contributed by atoms with van der Waals surface area (Å²) in [5.74, 6) is 0. The summed E-state index contributed by atoms with van der Waals surface area (Å²) in [6.07, 6.45) is -69.7. The van der Waals surface area contributed by atoms with E-state index in [2.05, 4.69) is 0 Å². The second-order valence-corrected chi connectivity index (χ2v) is 21.0. The highest BCUT2D eigenvalue weighted by atomic mass is 16.8. The molecule has 21 heterocycles. The molecule has 504 valence electrons. The minimum Gasteiger partial charge on any atom is -0.394 e. The van der Waals surface area contributed by atoms with Gasteiger partial charge in [-0.2, -0.15) is 0 Å². The van der Waals surface area contributed by atoms with E-state index in [-0.39, 0.29) is 0 Å². The van der Waals surface area contributed by atoms with Crippen LogP contribution in [0.5, 0.6) is 0 Å². The van der Waals surface area contributed by atoms with Crippen LogP contribution in [-0.4, -0.2) is 384 Å². The van der Waals surface area contributed by atoms with Crippen molar-refractivity contribution in [2.24, 2.45) is 0 Å². The van der Waals surface area contributed by atoms with E-state index in [1.165, 1.54) is 0 Å². The van der Waals surface area contributed by atoms with Gasteiger partial charge in [-0.1, -0.05) is 13.8 Å². The predicted molar refractivity (Wildman–Crippen MR) is 262 cm³/mol. The van der Waals surface area contributed by atoms with Crippen molar-refractivity contribution in [3.05, 3.63) is 12.9 Å². The molecule has 21 rings (SSSR count). The van der Waals surface area contributed by atoms with Crippen molar-refractivity contribution in [2.45, 2.75) is 242 Å². The van der Waals surface area contributed by atoms with Gasteiger partial charge in [0.1, 0.15) is 171 Å². The molecule has 38 nitrogen and oxygen atoms in total. The zero-order chi connectivity index (χ0) is 63.8. The standard InChI is InChI=1S/C42H70O35.C3H7O2.C3H7O/c43-1-8-29-15(50)22(57)36(64-8)72-30-9(2-44)66-38(24(59)17(30)52)74-32-11(4-46)68-40(26(61)19(32)54)76-34-13(6-48)70-42(28(63)21(34)56)77-35-14(7-49)69-41(27(62)20(35)55)75-33-12(5-47)67-39(25(60)18(33)53)73-31-10(3-45)65-37(71-29)23(58)16(31)51;1-2-3(4)5;1-2-3-4/h8-63H,1-7H2;4-5H,2H2,1H3;3-4H,2H2,1H3/t8-,9-,10-,11-,12-,13-,14-,15-,16-,17-,18-,19-,20-,21-,22-,23-,24-,25-,26-,27-,28-,29-,30-,31-,32-,33-,34-,35-,36-,37-,38-,39-,40-,41-,42-;;/m1../s1. The second kappa shape index (κ2) is 33.4. The molecule has 21 saturated heterocycles. The molecule has 0 aromatic heterocycles. The first-order chi connectivity index (χ1) is 40.8. The maximum absolute atomic E-state index is 11.3. The Morgan fingerprint density at radius 2 is 0.372 bits per heavy atom. The van der Waals surface area contributed by atoms with E-state index in [1.54, 1.807) is 6.92 Å². The van der Waals surface area contributed by atoms with Crippen LogP contribution < -0.4 is 0 Å². The van der Waals surface area contributed by atoms with Crippen molar-refractivity contribution < 1.29 is 189 Å². The Kier molecular flexibility index (Phi) is 28.5. The minimum atomic E-state index is -2.21. The number of hydrogen-bond acceptors (Lipinski definition) is 38. The summed E-state index contributed by atoms with van der Waals surface area (Å²) >= 11 is 0. The van der Waals surface area contributed by atoms with Gasteiger partial charge in [0.05, 0.1) is 52.9 Å². The van der Waals surface area contributed by atoms with Crippen molar-refractivity contribution in [3.63, 3.8) is 0 Å². The van der Waals surface area contributed by atoms with Gasteiger partial charge in [-0.3, -0.25) is 0 Å². The van der Waals surface area contributed by atoms with Crippen LogP contribution in [-0.2, 0) is 66.3 Å². The maximum atomic E-state index is 11.3. The second-order valence-electron chi connectivity index (χ2n) is 21.0. The molecule has 21 fully saturated rings. The minimum absolute atomic E-state index is 0.333. The number of aliphatic hydroxyl groups excluding tert-OH is 23. The highest BCUT2D eigenvalue weighted by molar-refractivity contribution is 5.01. The summed E-state index contributed by atoms with van der Waals surface area (Å²) in [4.78, 5) is 0. The average Bonchev–Trinajstić information content (AvgIpc) is 1.28. The van der Waals surface area contributed by atoms with Crippen molar-refractivity contribution in [2.75, 3.05) is 46.2 Å². The Morgan fingerprint density at radius 3 is 0.453 bits per heavy atom. The van der Waals surface area contributed by atoms with Crippen molar-refractivity contribution >= 4 is 0 Å². The topological polar surface area (TPSA) is 615 Å². The van der Waals surface area contributed by atoms with Crippen molar-refractivity contribution in [1.29, 1.82) is 0 Å². The van der Waals surface area contributed by atoms with Gasteiger partial charge in [0.25, 0.3) is 0 Å². The zero-order valence-corrected chi connectivity index (χ0v) is 46.1. The normalized spacial score (nSPS) is 50.5. The Morgan fingerprint density at radius 1 is 0.256 bits per heavy atom. The highest BCUT2D eigenvalue weighted by Crippen LogP contribution is 2.39. The monoisotopic (exact) mass is 1270 g/mol. The largest absolute Gasteiger partial charge is 0.394 e. The van der Waals surface area contributed by atoms with Gasteiger partial charge >= 0.3 is 0 Å².